The summed E-state index contributed by atoms with van der Waals surface area (Å²) in [5.41, 5.74) is 0. The quantitative estimate of drug-likeness (QED) is 0.322. The van der Waals surface area contributed by atoms with Crippen molar-refractivity contribution in [3.8, 4) is 0 Å². The summed E-state index contributed by atoms with van der Waals surface area (Å²) in [4.78, 5) is 22.9. The number of esters is 2. The predicted molar refractivity (Wildman–Crippen MR) is 88.7 cm³/mol. The molecule has 0 aliphatic heterocycles. The summed E-state index contributed by atoms with van der Waals surface area (Å²) in [7, 11) is 0. The van der Waals surface area contributed by atoms with Crippen LogP contribution in [0.2, 0.25) is 0 Å². The fourth-order valence-electron chi connectivity index (χ4n) is 2.13. The minimum absolute atomic E-state index is 0.128. The minimum atomic E-state index is -0.298. The van der Waals surface area contributed by atoms with Gasteiger partial charge in [-0.15, -0.1) is 0 Å². The molecule has 130 valence electrons. The van der Waals surface area contributed by atoms with Crippen molar-refractivity contribution in [2.75, 3.05) is 13.2 Å². The topological polar surface area (TPSA) is 52.6 Å². The smallest absolute Gasteiger partial charge is 0.306 e. The van der Waals surface area contributed by atoms with Crippen LogP contribution in [0.1, 0.15) is 90.9 Å². The number of carbonyl (C=O) groups is 2. The van der Waals surface area contributed by atoms with E-state index in [1.165, 1.54) is 38.5 Å². The van der Waals surface area contributed by atoms with Crippen LogP contribution in [0.5, 0.6) is 0 Å². The average Bonchev–Trinajstić information content (AvgIpc) is 2.52. The Bertz CT molecular complexity index is 276. The maximum atomic E-state index is 11.5. The summed E-state index contributed by atoms with van der Waals surface area (Å²) >= 11 is 0. The Morgan fingerprint density at radius 2 is 0.955 bits per heavy atom. The van der Waals surface area contributed by atoms with Crippen molar-refractivity contribution in [1.29, 1.82) is 0 Å². The average molecular weight is 314 g/mol. The highest BCUT2D eigenvalue weighted by atomic mass is 16.5. The van der Waals surface area contributed by atoms with Gasteiger partial charge in [-0.1, -0.05) is 65.2 Å². The van der Waals surface area contributed by atoms with Crippen molar-refractivity contribution in [1.82, 2.24) is 0 Å². The zero-order valence-electron chi connectivity index (χ0n) is 14.5. The van der Waals surface area contributed by atoms with Crippen molar-refractivity contribution in [3.05, 3.63) is 0 Å². The van der Waals surface area contributed by atoms with E-state index in [9.17, 15) is 9.59 Å². The maximum Gasteiger partial charge on any atom is 0.306 e. The fraction of sp³-hybridized carbons (Fsp3) is 0.889. The first kappa shape index (κ1) is 20.9. The Labute approximate surface area is 135 Å². The first-order chi connectivity index (χ1) is 10.7. The number of ether oxygens (including phenoxy) is 2. The molecule has 0 atom stereocenters. The van der Waals surface area contributed by atoms with Gasteiger partial charge in [-0.3, -0.25) is 9.59 Å². The van der Waals surface area contributed by atoms with E-state index in [0.717, 1.165) is 25.7 Å². The van der Waals surface area contributed by atoms with Crippen molar-refractivity contribution in [2.45, 2.75) is 90.9 Å². The lowest BCUT2D eigenvalue weighted by molar-refractivity contribution is -0.150. The van der Waals surface area contributed by atoms with E-state index in [-0.39, 0.29) is 24.8 Å². The summed E-state index contributed by atoms with van der Waals surface area (Å²) in [5.74, 6) is -0.593. The Hall–Kier alpha value is -1.06. The zero-order valence-corrected chi connectivity index (χ0v) is 14.5. The molecule has 22 heavy (non-hydrogen) atoms. The molecule has 0 N–H and O–H groups in total. The van der Waals surface area contributed by atoms with Gasteiger partial charge in [0.2, 0.25) is 0 Å². The Balaban J connectivity index is 3.35. The van der Waals surface area contributed by atoms with E-state index >= 15 is 0 Å². The highest BCUT2D eigenvalue weighted by molar-refractivity contribution is 5.77. The summed E-state index contributed by atoms with van der Waals surface area (Å²) in [6, 6.07) is 0. The summed E-state index contributed by atoms with van der Waals surface area (Å²) in [6.07, 6.45) is 11.6. The highest BCUT2D eigenvalue weighted by Gasteiger charge is 2.08. The molecule has 4 heteroatoms. The van der Waals surface area contributed by atoms with Gasteiger partial charge in [0.1, 0.15) is 0 Å². The van der Waals surface area contributed by atoms with Crippen molar-refractivity contribution in [2.24, 2.45) is 0 Å². The van der Waals surface area contributed by atoms with Gasteiger partial charge in [-0.25, -0.2) is 0 Å². The van der Waals surface area contributed by atoms with Gasteiger partial charge >= 0.3 is 11.9 Å². The van der Waals surface area contributed by atoms with Crippen molar-refractivity contribution >= 4 is 11.9 Å². The molecule has 0 saturated heterocycles. The van der Waals surface area contributed by atoms with E-state index in [1.54, 1.807) is 0 Å². The van der Waals surface area contributed by atoms with Gasteiger partial charge in [-0.05, 0) is 12.8 Å². The summed E-state index contributed by atoms with van der Waals surface area (Å²) < 4.78 is 10.2. The first-order valence-corrected chi connectivity index (χ1v) is 9.02. The van der Waals surface area contributed by atoms with Crippen LogP contribution in [0, 0.1) is 0 Å². The third-order valence-corrected chi connectivity index (χ3v) is 3.56. The van der Waals surface area contributed by atoms with Gasteiger partial charge in [0.15, 0.2) is 0 Å². The summed E-state index contributed by atoms with van der Waals surface area (Å²) in [6.45, 7) is 5.27. The number of unbranched alkanes of at least 4 members (excludes halogenated alkanes) is 8. The van der Waals surface area contributed by atoms with Gasteiger partial charge in [-0.2, -0.15) is 0 Å². The van der Waals surface area contributed by atoms with E-state index < -0.39 is 0 Å². The molecule has 0 saturated carbocycles. The number of rotatable bonds is 15. The number of hydrogen-bond acceptors (Lipinski definition) is 4. The molecule has 0 aliphatic carbocycles. The SMILES string of the molecule is CCCCCCCCOC(=O)CCC(=O)OCCCCCC. The van der Waals surface area contributed by atoms with Crippen LogP contribution in [0.15, 0.2) is 0 Å². The molecule has 0 rings (SSSR count). The molecule has 0 radical (unpaired) electrons. The van der Waals surface area contributed by atoms with Crippen LogP contribution in [0.25, 0.3) is 0 Å². The molecule has 0 amide bonds. The number of carbonyl (C=O) groups excluding carboxylic acids is 2. The van der Waals surface area contributed by atoms with Crippen molar-refractivity contribution < 1.29 is 19.1 Å². The van der Waals surface area contributed by atoms with E-state index in [0.29, 0.717) is 13.2 Å². The molecule has 0 bridgehead atoms. The van der Waals surface area contributed by atoms with Crippen LogP contribution in [-0.2, 0) is 19.1 Å². The van der Waals surface area contributed by atoms with E-state index in [1.807, 2.05) is 0 Å². The molecule has 0 aromatic heterocycles. The molecular weight excluding hydrogens is 280 g/mol. The second-order valence-electron chi connectivity index (χ2n) is 5.77. The number of hydrogen-bond donors (Lipinski definition) is 0. The van der Waals surface area contributed by atoms with Gasteiger partial charge < -0.3 is 9.47 Å². The fourth-order valence-corrected chi connectivity index (χ4v) is 2.13. The lowest BCUT2D eigenvalue weighted by Gasteiger charge is -2.06. The van der Waals surface area contributed by atoms with E-state index in [2.05, 4.69) is 13.8 Å². The monoisotopic (exact) mass is 314 g/mol. The Morgan fingerprint density at radius 1 is 0.591 bits per heavy atom. The molecule has 0 spiro atoms. The molecule has 0 aromatic rings. The third kappa shape index (κ3) is 15.3. The molecule has 4 nitrogen and oxygen atoms in total. The van der Waals surface area contributed by atoms with E-state index in [4.69, 9.17) is 9.47 Å². The van der Waals surface area contributed by atoms with Crippen LogP contribution in [0.4, 0.5) is 0 Å². The Morgan fingerprint density at radius 3 is 1.41 bits per heavy atom. The van der Waals surface area contributed by atoms with Crippen LogP contribution < -0.4 is 0 Å². The molecule has 0 fully saturated rings. The molecule has 0 heterocycles. The molecule has 0 aromatic carbocycles. The van der Waals surface area contributed by atoms with Gasteiger partial charge in [0.05, 0.1) is 26.1 Å². The van der Waals surface area contributed by atoms with Crippen LogP contribution in [-0.4, -0.2) is 25.2 Å². The third-order valence-electron chi connectivity index (χ3n) is 3.56. The first-order valence-electron chi connectivity index (χ1n) is 9.02. The predicted octanol–water partition coefficient (Wildman–Crippen LogP) is 4.79. The Kier molecular flexibility index (Phi) is 15.5. The molecular formula is C18H34O4. The van der Waals surface area contributed by atoms with Crippen LogP contribution in [0.3, 0.4) is 0 Å². The molecule has 0 aliphatic rings. The van der Waals surface area contributed by atoms with Crippen LogP contribution >= 0.6 is 0 Å². The van der Waals surface area contributed by atoms with Gasteiger partial charge in [0.25, 0.3) is 0 Å². The second kappa shape index (κ2) is 16.3. The molecule has 0 unspecified atom stereocenters. The summed E-state index contributed by atoms with van der Waals surface area (Å²) in [5, 5.41) is 0. The van der Waals surface area contributed by atoms with Gasteiger partial charge in [0, 0.05) is 0 Å². The highest BCUT2D eigenvalue weighted by Crippen LogP contribution is 2.06. The largest absolute Gasteiger partial charge is 0.466 e. The zero-order chi connectivity index (χ0) is 16.5. The maximum absolute atomic E-state index is 11.5. The van der Waals surface area contributed by atoms with Crippen molar-refractivity contribution in [3.63, 3.8) is 0 Å². The second-order valence-corrected chi connectivity index (χ2v) is 5.77. The standard InChI is InChI=1S/C18H34O4/c1-3-5-7-9-10-12-16-22-18(20)14-13-17(19)21-15-11-8-6-4-2/h3-16H2,1-2H3. The lowest BCUT2D eigenvalue weighted by Crippen LogP contribution is -2.11. The minimum Gasteiger partial charge on any atom is -0.466 e. The lowest BCUT2D eigenvalue weighted by atomic mass is 10.1. The normalized spacial score (nSPS) is 10.5.